The van der Waals surface area contributed by atoms with Crippen molar-refractivity contribution < 1.29 is 13.6 Å². The molecule has 1 N–H and O–H groups in total. The van der Waals surface area contributed by atoms with Crippen LogP contribution in [0.5, 0.6) is 0 Å². The maximum atomic E-state index is 13.4. The van der Waals surface area contributed by atoms with E-state index < -0.39 is 17.5 Å². The van der Waals surface area contributed by atoms with Crippen molar-refractivity contribution in [1.82, 2.24) is 10.2 Å². The van der Waals surface area contributed by atoms with Crippen molar-refractivity contribution in [1.29, 1.82) is 0 Å². The monoisotopic (exact) mass is 297 g/mol. The standard InChI is InChI=1S/C13H13F2N3OS/c1-7(2)5-11-17-18-13(20-11)16-12(19)9-4-3-8(14)6-10(9)15/h3-4,6-7H,5H2,1-2H3,(H,16,18,19). The molecule has 0 aliphatic heterocycles. The molecule has 1 amide bonds. The Bertz CT molecular complexity index is 628. The largest absolute Gasteiger partial charge is 0.296 e. The van der Waals surface area contributed by atoms with Crippen LogP contribution in [0.4, 0.5) is 13.9 Å². The number of aromatic nitrogens is 2. The molecule has 4 nitrogen and oxygen atoms in total. The molecule has 7 heteroatoms. The van der Waals surface area contributed by atoms with Crippen LogP contribution in [0.15, 0.2) is 18.2 Å². The summed E-state index contributed by atoms with van der Waals surface area (Å²) in [4.78, 5) is 11.8. The van der Waals surface area contributed by atoms with Gasteiger partial charge in [-0.25, -0.2) is 8.78 Å². The van der Waals surface area contributed by atoms with Crippen molar-refractivity contribution in [3.05, 3.63) is 40.4 Å². The molecule has 0 aliphatic rings. The van der Waals surface area contributed by atoms with Crippen LogP contribution in [0.1, 0.15) is 29.2 Å². The number of rotatable bonds is 4. The van der Waals surface area contributed by atoms with Crippen LogP contribution < -0.4 is 5.32 Å². The van der Waals surface area contributed by atoms with E-state index in [0.29, 0.717) is 17.1 Å². The molecule has 2 aromatic rings. The number of halogens is 2. The topological polar surface area (TPSA) is 54.9 Å². The quantitative estimate of drug-likeness (QED) is 0.942. The summed E-state index contributed by atoms with van der Waals surface area (Å²) in [6.07, 6.45) is 0.762. The van der Waals surface area contributed by atoms with Gasteiger partial charge in [-0.05, 0) is 18.1 Å². The zero-order valence-corrected chi connectivity index (χ0v) is 11.8. The van der Waals surface area contributed by atoms with Crippen LogP contribution >= 0.6 is 11.3 Å². The summed E-state index contributed by atoms with van der Waals surface area (Å²) in [5, 5.41) is 11.3. The number of carbonyl (C=O) groups excluding carboxylic acids is 1. The summed E-state index contributed by atoms with van der Waals surface area (Å²) in [6, 6.07) is 2.79. The number of benzene rings is 1. The Hall–Kier alpha value is -1.89. The van der Waals surface area contributed by atoms with Gasteiger partial charge in [0.25, 0.3) is 5.91 Å². The minimum Gasteiger partial charge on any atom is -0.296 e. The fourth-order valence-corrected chi connectivity index (χ4v) is 2.52. The molecule has 0 saturated carbocycles. The molecule has 0 atom stereocenters. The first-order valence-electron chi connectivity index (χ1n) is 6.04. The Balaban J connectivity index is 2.09. The SMILES string of the molecule is CC(C)Cc1nnc(NC(=O)c2ccc(F)cc2F)s1. The third-order valence-electron chi connectivity index (χ3n) is 2.45. The summed E-state index contributed by atoms with van der Waals surface area (Å²) < 4.78 is 26.2. The van der Waals surface area contributed by atoms with E-state index in [1.54, 1.807) is 0 Å². The lowest BCUT2D eigenvalue weighted by molar-refractivity contribution is 0.102. The number of nitrogens with zero attached hydrogens (tertiary/aromatic N) is 2. The zero-order chi connectivity index (χ0) is 14.7. The first-order chi connectivity index (χ1) is 9.45. The van der Waals surface area contributed by atoms with E-state index in [0.717, 1.165) is 23.6 Å². The van der Waals surface area contributed by atoms with Gasteiger partial charge in [0.2, 0.25) is 5.13 Å². The summed E-state index contributed by atoms with van der Waals surface area (Å²) in [5.74, 6) is -1.88. The molecular weight excluding hydrogens is 284 g/mol. The van der Waals surface area contributed by atoms with E-state index in [1.807, 2.05) is 13.8 Å². The molecule has 0 unspecified atom stereocenters. The zero-order valence-electron chi connectivity index (χ0n) is 11.0. The van der Waals surface area contributed by atoms with Crippen molar-refractivity contribution >= 4 is 22.4 Å². The summed E-state index contributed by atoms with van der Waals surface area (Å²) >= 11 is 1.24. The summed E-state index contributed by atoms with van der Waals surface area (Å²) in [7, 11) is 0. The van der Waals surface area contributed by atoms with E-state index >= 15 is 0 Å². The molecule has 1 aromatic heterocycles. The molecular formula is C13H13F2N3OS. The van der Waals surface area contributed by atoms with E-state index in [4.69, 9.17) is 0 Å². The van der Waals surface area contributed by atoms with Crippen molar-refractivity contribution in [2.75, 3.05) is 5.32 Å². The van der Waals surface area contributed by atoms with Crippen molar-refractivity contribution in [3.63, 3.8) is 0 Å². The van der Waals surface area contributed by atoms with Crippen molar-refractivity contribution in [2.24, 2.45) is 5.92 Å². The molecule has 0 bridgehead atoms. The summed E-state index contributed by atoms with van der Waals surface area (Å²) in [6.45, 7) is 4.10. The summed E-state index contributed by atoms with van der Waals surface area (Å²) in [5.41, 5.74) is -0.230. The van der Waals surface area contributed by atoms with E-state index in [2.05, 4.69) is 15.5 Å². The highest BCUT2D eigenvalue weighted by molar-refractivity contribution is 7.15. The second-order valence-electron chi connectivity index (χ2n) is 4.68. The average molecular weight is 297 g/mol. The lowest BCUT2D eigenvalue weighted by Crippen LogP contribution is -2.13. The molecule has 0 saturated heterocycles. The smallest absolute Gasteiger partial charge is 0.260 e. The average Bonchev–Trinajstić information content (AvgIpc) is 2.75. The molecule has 20 heavy (non-hydrogen) atoms. The number of carbonyl (C=O) groups is 1. The van der Waals surface area contributed by atoms with Crippen LogP contribution in [-0.4, -0.2) is 16.1 Å². The Morgan fingerprint density at radius 3 is 2.75 bits per heavy atom. The fraction of sp³-hybridized carbons (Fsp3) is 0.308. The molecule has 0 fully saturated rings. The molecule has 1 heterocycles. The number of hydrogen-bond donors (Lipinski definition) is 1. The van der Waals surface area contributed by atoms with Gasteiger partial charge < -0.3 is 0 Å². The van der Waals surface area contributed by atoms with Gasteiger partial charge in [-0.1, -0.05) is 25.2 Å². The maximum Gasteiger partial charge on any atom is 0.260 e. The van der Waals surface area contributed by atoms with Gasteiger partial charge in [0, 0.05) is 12.5 Å². The Kier molecular flexibility index (Phi) is 4.39. The van der Waals surface area contributed by atoms with Crippen molar-refractivity contribution in [2.45, 2.75) is 20.3 Å². The van der Waals surface area contributed by atoms with Gasteiger partial charge in [-0.2, -0.15) is 0 Å². The van der Waals surface area contributed by atoms with Gasteiger partial charge >= 0.3 is 0 Å². The number of hydrogen-bond acceptors (Lipinski definition) is 4. The molecule has 0 radical (unpaired) electrons. The highest BCUT2D eigenvalue weighted by atomic mass is 32.1. The van der Waals surface area contributed by atoms with E-state index in [1.165, 1.54) is 11.3 Å². The lowest BCUT2D eigenvalue weighted by Gasteiger charge is -2.02. The van der Waals surface area contributed by atoms with Crippen molar-refractivity contribution in [3.8, 4) is 0 Å². The predicted molar refractivity (Wildman–Crippen MR) is 72.8 cm³/mol. The van der Waals surface area contributed by atoms with E-state index in [-0.39, 0.29) is 5.56 Å². The van der Waals surface area contributed by atoms with Crippen LogP contribution in [0.2, 0.25) is 0 Å². The second kappa shape index (κ2) is 6.04. The number of nitrogens with one attached hydrogen (secondary N) is 1. The molecule has 0 spiro atoms. The van der Waals surface area contributed by atoms with Gasteiger partial charge in [0.05, 0.1) is 5.56 Å². The Morgan fingerprint density at radius 2 is 2.10 bits per heavy atom. The maximum absolute atomic E-state index is 13.4. The predicted octanol–water partition coefficient (Wildman–Crippen LogP) is 3.27. The first kappa shape index (κ1) is 14.5. The van der Waals surface area contributed by atoms with Crippen LogP contribution in [-0.2, 0) is 6.42 Å². The Morgan fingerprint density at radius 1 is 1.35 bits per heavy atom. The van der Waals surface area contributed by atoms with E-state index in [9.17, 15) is 13.6 Å². The second-order valence-corrected chi connectivity index (χ2v) is 5.74. The lowest BCUT2D eigenvalue weighted by atomic mass is 10.1. The molecule has 106 valence electrons. The van der Waals surface area contributed by atoms with Crippen LogP contribution in [0.25, 0.3) is 0 Å². The Labute approximate surface area is 118 Å². The minimum atomic E-state index is -0.908. The van der Waals surface area contributed by atoms with Crippen LogP contribution in [0, 0.1) is 17.6 Å². The third-order valence-corrected chi connectivity index (χ3v) is 3.31. The molecule has 1 aromatic carbocycles. The highest BCUT2D eigenvalue weighted by Gasteiger charge is 2.15. The number of anilines is 1. The minimum absolute atomic E-state index is 0.230. The number of amides is 1. The van der Waals surface area contributed by atoms with Gasteiger partial charge in [0.1, 0.15) is 16.6 Å². The fourth-order valence-electron chi connectivity index (χ4n) is 1.57. The van der Waals surface area contributed by atoms with Crippen LogP contribution in [0.3, 0.4) is 0 Å². The molecule has 0 aliphatic carbocycles. The normalized spacial score (nSPS) is 10.8. The van der Waals surface area contributed by atoms with Gasteiger partial charge in [-0.3, -0.25) is 10.1 Å². The highest BCUT2D eigenvalue weighted by Crippen LogP contribution is 2.19. The third kappa shape index (κ3) is 3.57. The van der Waals surface area contributed by atoms with Gasteiger partial charge in [0.15, 0.2) is 0 Å². The molecule has 2 rings (SSSR count). The first-order valence-corrected chi connectivity index (χ1v) is 6.86. The van der Waals surface area contributed by atoms with Gasteiger partial charge in [-0.15, -0.1) is 10.2 Å².